The van der Waals surface area contributed by atoms with Crippen molar-refractivity contribution in [1.29, 1.82) is 0 Å². The van der Waals surface area contributed by atoms with E-state index in [0.717, 1.165) is 23.4 Å². The quantitative estimate of drug-likeness (QED) is 0.530. The van der Waals surface area contributed by atoms with Crippen LogP contribution in [0, 0.1) is 12.8 Å². The number of hydrogen-bond acceptors (Lipinski definition) is 7. The van der Waals surface area contributed by atoms with E-state index >= 15 is 0 Å². The fraction of sp³-hybridized carbons (Fsp3) is 0.368. The molecule has 1 fully saturated rings. The van der Waals surface area contributed by atoms with Gasteiger partial charge in [0.05, 0.1) is 11.2 Å². The first kappa shape index (κ1) is 19.8. The number of hydrogen-bond donors (Lipinski definition) is 4. The van der Waals surface area contributed by atoms with Crippen LogP contribution in [0.3, 0.4) is 0 Å². The predicted molar refractivity (Wildman–Crippen MR) is 111 cm³/mol. The molecule has 5 N–H and O–H groups in total. The summed E-state index contributed by atoms with van der Waals surface area (Å²) in [6.45, 7) is 7.56. The first-order valence-electron chi connectivity index (χ1n) is 9.06. The van der Waals surface area contributed by atoms with Crippen LogP contribution in [0.15, 0.2) is 30.3 Å². The smallest absolute Gasteiger partial charge is 0.271 e. The van der Waals surface area contributed by atoms with Crippen molar-refractivity contribution >= 4 is 39.8 Å². The molecule has 1 aliphatic rings. The second-order valence-corrected chi connectivity index (χ2v) is 7.85. The average molecular weight is 401 g/mol. The lowest BCUT2D eigenvalue weighted by molar-refractivity contribution is -0.117. The lowest BCUT2D eigenvalue weighted by Crippen LogP contribution is -2.39. The number of aryl methyl sites for hydroxylation is 1. The molecule has 2 aromatic heterocycles. The molecule has 2 heterocycles. The van der Waals surface area contributed by atoms with Gasteiger partial charge in [-0.3, -0.25) is 9.59 Å². The van der Waals surface area contributed by atoms with Crippen LogP contribution in [0.25, 0.3) is 0 Å². The van der Waals surface area contributed by atoms with Gasteiger partial charge in [0.15, 0.2) is 11.5 Å². The van der Waals surface area contributed by atoms with E-state index in [2.05, 4.69) is 39.4 Å². The summed E-state index contributed by atoms with van der Waals surface area (Å²) in [7, 11) is 0. The Morgan fingerprint density at radius 2 is 2.11 bits per heavy atom. The van der Waals surface area contributed by atoms with Gasteiger partial charge in [-0.15, -0.1) is 11.3 Å². The van der Waals surface area contributed by atoms with E-state index in [4.69, 9.17) is 5.73 Å². The molecule has 3 rings (SSSR count). The van der Waals surface area contributed by atoms with Crippen molar-refractivity contribution in [3.8, 4) is 0 Å². The first-order chi connectivity index (χ1) is 13.4. The number of aromatic nitrogens is 2. The van der Waals surface area contributed by atoms with Crippen molar-refractivity contribution in [2.24, 2.45) is 11.7 Å². The maximum atomic E-state index is 11.7. The Kier molecular flexibility index (Phi) is 5.93. The Morgan fingerprint density at radius 1 is 1.36 bits per heavy atom. The zero-order valence-electron chi connectivity index (χ0n) is 15.9. The number of carbonyl (C=O) groups excluding carboxylic acids is 2. The maximum Gasteiger partial charge on any atom is 0.271 e. The topological polar surface area (TPSA) is 122 Å². The van der Waals surface area contributed by atoms with Crippen LogP contribution in [0.5, 0.6) is 0 Å². The SMILES string of the molecule is C=CC(=O)NC1CC[C@@H](Nc2cnc(C(N)=O)c(Nc3cc(C)cs3)n2)[C@H]1C. The fourth-order valence-electron chi connectivity index (χ4n) is 3.34. The van der Waals surface area contributed by atoms with Gasteiger partial charge in [-0.2, -0.15) is 0 Å². The molecular formula is C19H24N6O2S. The molecule has 0 bridgehead atoms. The molecule has 9 heteroatoms. The van der Waals surface area contributed by atoms with E-state index in [1.165, 1.54) is 23.6 Å². The van der Waals surface area contributed by atoms with E-state index in [1.807, 2.05) is 18.4 Å². The Labute approximate surface area is 167 Å². The van der Waals surface area contributed by atoms with Crippen molar-refractivity contribution in [2.45, 2.75) is 38.8 Å². The summed E-state index contributed by atoms with van der Waals surface area (Å²) in [5.41, 5.74) is 6.64. The lowest BCUT2D eigenvalue weighted by atomic mass is 10.0. The van der Waals surface area contributed by atoms with Crippen molar-refractivity contribution in [2.75, 3.05) is 10.6 Å². The van der Waals surface area contributed by atoms with Crippen LogP contribution in [0.1, 0.15) is 35.8 Å². The average Bonchev–Trinajstić information content (AvgIpc) is 3.21. The highest BCUT2D eigenvalue weighted by molar-refractivity contribution is 7.14. The van der Waals surface area contributed by atoms with Crippen molar-refractivity contribution in [3.05, 3.63) is 41.6 Å². The molecule has 0 aliphatic heterocycles. The summed E-state index contributed by atoms with van der Waals surface area (Å²) in [4.78, 5) is 32.0. The van der Waals surface area contributed by atoms with Gasteiger partial charge in [-0.25, -0.2) is 9.97 Å². The number of nitrogens with zero attached hydrogens (tertiary/aromatic N) is 2. The van der Waals surface area contributed by atoms with Crippen LogP contribution in [-0.2, 0) is 4.79 Å². The van der Waals surface area contributed by atoms with E-state index in [0.29, 0.717) is 11.6 Å². The molecule has 1 aliphatic carbocycles. The van der Waals surface area contributed by atoms with Gasteiger partial charge in [0.1, 0.15) is 5.82 Å². The van der Waals surface area contributed by atoms with Crippen LogP contribution in [0.4, 0.5) is 16.6 Å². The third-order valence-corrected chi connectivity index (χ3v) is 5.85. The fourth-order valence-corrected chi connectivity index (χ4v) is 4.13. The third kappa shape index (κ3) is 4.48. The predicted octanol–water partition coefficient (Wildman–Crippen LogP) is 2.57. The minimum absolute atomic E-state index is 0.0764. The van der Waals surface area contributed by atoms with Gasteiger partial charge in [0.2, 0.25) is 5.91 Å². The molecule has 0 spiro atoms. The number of nitrogens with two attached hydrogens (primary N) is 1. The minimum atomic E-state index is -0.642. The standard InChI is InChI=1S/C19H24N6O2S/c1-4-15(26)23-13-6-5-12(11(13)3)22-14-8-21-17(18(20)27)19(24-14)25-16-7-10(2)9-28-16/h4,7-9,11-13H,1,5-6H2,2-3H3,(H2,20,27)(H,23,26)(H2,22,24,25)/t11-,12-,13?/m1/s1. The molecule has 28 heavy (non-hydrogen) atoms. The third-order valence-electron chi connectivity index (χ3n) is 4.88. The largest absolute Gasteiger partial charge is 0.366 e. The molecular weight excluding hydrogens is 376 g/mol. The molecule has 0 aromatic carbocycles. The number of amides is 2. The Hall–Kier alpha value is -2.94. The van der Waals surface area contributed by atoms with E-state index in [-0.39, 0.29) is 29.6 Å². The Bertz CT molecular complexity index is 896. The summed E-state index contributed by atoms with van der Waals surface area (Å²) in [6, 6.07) is 2.16. The van der Waals surface area contributed by atoms with Gasteiger partial charge in [-0.05, 0) is 48.8 Å². The summed E-state index contributed by atoms with van der Waals surface area (Å²) in [5.74, 6) is 0.268. The van der Waals surface area contributed by atoms with Crippen molar-refractivity contribution in [1.82, 2.24) is 15.3 Å². The molecule has 3 atom stereocenters. The van der Waals surface area contributed by atoms with Crippen LogP contribution < -0.4 is 21.7 Å². The van der Waals surface area contributed by atoms with E-state index < -0.39 is 5.91 Å². The number of thiophene rings is 1. The molecule has 2 amide bonds. The molecule has 1 saturated carbocycles. The molecule has 1 unspecified atom stereocenters. The minimum Gasteiger partial charge on any atom is -0.366 e. The molecule has 0 radical (unpaired) electrons. The lowest BCUT2D eigenvalue weighted by Gasteiger charge is -2.23. The second kappa shape index (κ2) is 8.39. The number of rotatable bonds is 7. The highest BCUT2D eigenvalue weighted by Gasteiger charge is 2.33. The molecule has 2 aromatic rings. The van der Waals surface area contributed by atoms with Crippen molar-refractivity contribution in [3.63, 3.8) is 0 Å². The summed E-state index contributed by atoms with van der Waals surface area (Å²) < 4.78 is 0. The maximum absolute atomic E-state index is 11.7. The molecule has 8 nitrogen and oxygen atoms in total. The van der Waals surface area contributed by atoms with Crippen molar-refractivity contribution < 1.29 is 9.59 Å². The number of nitrogens with one attached hydrogen (secondary N) is 3. The number of anilines is 3. The number of primary amides is 1. The Morgan fingerprint density at radius 3 is 2.75 bits per heavy atom. The highest BCUT2D eigenvalue weighted by Crippen LogP contribution is 2.30. The summed E-state index contributed by atoms with van der Waals surface area (Å²) in [6.07, 6.45) is 4.54. The monoisotopic (exact) mass is 400 g/mol. The van der Waals surface area contributed by atoms with Gasteiger partial charge < -0.3 is 21.7 Å². The van der Waals surface area contributed by atoms with Crippen LogP contribution in [0.2, 0.25) is 0 Å². The van der Waals surface area contributed by atoms with Gasteiger partial charge >= 0.3 is 0 Å². The summed E-state index contributed by atoms with van der Waals surface area (Å²) in [5, 5.41) is 12.3. The molecule has 0 saturated heterocycles. The highest BCUT2D eigenvalue weighted by atomic mass is 32.1. The van der Waals surface area contributed by atoms with Gasteiger partial charge in [-0.1, -0.05) is 13.5 Å². The normalized spacial score (nSPS) is 21.1. The first-order valence-corrected chi connectivity index (χ1v) is 9.93. The second-order valence-electron chi connectivity index (χ2n) is 6.94. The molecule has 148 valence electrons. The van der Waals surface area contributed by atoms with Crippen LogP contribution >= 0.6 is 11.3 Å². The zero-order valence-corrected chi connectivity index (χ0v) is 16.7. The van der Waals surface area contributed by atoms with E-state index in [9.17, 15) is 9.59 Å². The van der Waals surface area contributed by atoms with E-state index in [1.54, 1.807) is 0 Å². The Balaban J connectivity index is 1.75. The van der Waals surface area contributed by atoms with Gasteiger partial charge in [0.25, 0.3) is 5.91 Å². The van der Waals surface area contributed by atoms with Gasteiger partial charge in [0, 0.05) is 12.1 Å². The number of carbonyl (C=O) groups is 2. The zero-order chi connectivity index (χ0) is 20.3. The summed E-state index contributed by atoms with van der Waals surface area (Å²) >= 11 is 1.51. The van der Waals surface area contributed by atoms with Crippen LogP contribution in [-0.4, -0.2) is 33.9 Å².